The van der Waals surface area contributed by atoms with Crippen LogP contribution in [0.25, 0.3) is 0 Å². The van der Waals surface area contributed by atoms with E-state index < -0.39 is 0 Å². The molecule has 1 aliphatic heterocycles. The lowest BCUT2D eigenvalue weighted by molar-refractivity contribution is -0.120. The molecule has 0 radical (unpaired) electrons. The first kappa shape index (κ1) is 14.8. The van der Waals surface area contributed by atoms with Gasteiger partial charge in [0.1, 0.15) is 0 Å². The largest absolute Gasteiger partial charge is 0.368 e. The van der Waals surface area contributed by atoms with Crippen molar-refractivity contribution in [3.05, 3.63) is 0 Å². The van der Waals surface area contributed by atoms with E-state index in [-0.39, 0.29) is 11.9 Å². The Kier molecular flexibility index (Phi) is 5.19. The predicted octanol–water partition coefficient (Wildman–Crippen LogP) is -0.134. The molecule has 1 amide bonds. The summed E-state index contributed by atoms with van der Waals surface area (Å²) in [5.41, 5.74) is 5.45. The maximum absolute atomic E-state index is 11.4. The van der Waals surface area contributed by atoms with E-state index in [1.54, 1.807) is 0 Å². The summed E-state index contributed by atoms with van der Waals surface area (Å²) < 4.78 is 0. The fraction of sp³-hybridized carbons (Fsp3) is 0.929. The number of carbonyl (C=O) groups excluding carboxylic acids is 1. The molecule has 19 heavy (non-hydrogen) atoms. The summed E-state index contributed by atoms with van der Waals surface area (Å²) in [5, 5.41) is 3.34. The second-order valence-electron chi connectivity index (χ2n) is 6.36. The van der Waals surface area contributed by atoms with Crippen LogP contribution < -0.4 is 11.1 Å². The minimum Gasteiger partial charge on any atom is -0.368 e. The van der Waals surface area contributed by atoms with E-state index in [0.717, 1.165) is 25.4 Å². The van der Waals surface area contributed by atoms with Crippen LogP contribution in [0, 0.1) is 5.92 Å². The van der Waals surface area contributed by atoms with Gasteiger partial charge in [0.05, 0.1) is 6.04 Å². The molecule has 110 valence electrons. The van der Waals surface area contributed by atoms with Crippen LogP contribution >= 0.6 is 0 Å². The van der Waals surface area contributed by atoms with Crippen LogP contribution in [-0.2, 0) is 4.79 Å². The molecule has 3 N–H and O–H groups in total. The van der Waals surface area contributed by atoms with Gasteiger partial charge < -0.3 is 20.9 Å². The first-order chi connectivity index (χ1) is 9.04. The third kappa shape index (κ3) is 5.09. The quantitative estimate of drug-likeness (QED) is 0.643. The van der Waals surface area contributed by atoms with Crippen LogP contribution in [0.15, 0.2) is 0 Å². The smallest absolute Gasteiger partial charge is 0.234 e. The zero-order valence-corrected chi connectivity index (χ0v) is 12.3. The summed E-state index contributed by atoms with van der Waals surface area (Å²) in [7, 11) is 4.33. The standard InChI is InChI=1S/C14H28N4O/c1-17-7-5-11(9-17)10-18(2)8-6-13(14(15)19)16-12-3-4-12/h11-13,16H,3-10H2,1-2H3,(H2,15,19). The Balaban J connectivity index is 1.65. The van der Waals surface area contributed by atoms with Gasteiger partial charge in [0.2, 0.25) is 5.91 Å². The summed E-state index contributed by atoms with van der Waals surface area (Å²) in [6.07, 6.45) is 4.49. The predicted molar refractivity (Wildman–Crippen MR) is 76.9 cm³/mol. The molecule has 2 fully saturated rings. The Morgan fingerprint density at radius 1 is 1.47 bits per heavy atom. The molecule has 1 heterocycles. The molecule has 0 aromatic rings. The average molecular weight is 268 g/mol. The monoisotopic (exact) mass is 268 g/mol. The number of nitrogens with one attached hydrogen (secondary N) is 1. The number of amides is 1. The third-order valence-electron chi connectivity index (χ3n) is 4.22. The fourth-order valence-corrected chi connectivity index (χ4v) is 2.90. The van der Waals surface area contributed by atoms with Crippen molar-refractivity contribution in [2.45, 2.75) is 37.8 Å². The molecule has 0 aromatic heterocycles. The molecule has 0 bridgehead atoms. The topological polar surface area (TPSA) is 61.6 Å². The van der Waals surface area contributed by atoms with E-state index in [0.29, 0.717) is 6.04 Å². The summed E-state index contributed by atoms with van der Waals surface area (Å²) in [4.78, 5) is 16.1. The summed E-state index contributed by atoms with van der Waals surface area (Å²) in [6, 6.07) is 0.382. The SMILES string of the molecule is CN1CCC(CN(C)CCC(NC2CC2)C(N)=O)C1. The van der Waals surface area contributed by atoms with Gasteiger partial charge in [0.15, 0.2) is 0 Å². The summed E-state index contributed by atoms with van der Waals surface area (Å²) in [6.45, 7) is 4.47. The minimum absolute atomic E-state index is 0.152. The second kappa shape index (κ2) is 6.68. The van der Waals surface area contributed by atoms with Crippen LogP contribution in [0.2, 0.25) is 0 Å². The Morgan fingerprint density at radius 2 is 2.21 bits per heavy atom. The van der Waals surface area contributed by atoms with E-state index in [2.05, 4.69) is 29.2 Å². The van der Waals surface area contributed by atoms with Gasteiger partial charge in [-0.25, -0.2) is 0 Å². The molecule has 5 nitrogen and oxygen atoms in total. The Bertz CT molecular complexity index is 306. The molecule has 5 heteroatoms. The fourth-order valence-electron chi connectivity index (χ4n) is 2.90. The molecule has 1 aliphatic carbocycles. The zero-order valence-electron chi connectivity index (χ0n) is 12.3. The number of hydrogen-bond acceptors (Lipinski definition) is 4. The van der Waals surface area contributed by atoms with Crippen LogP contribution in [-0.4, -0.2) is 68.1 Å². The van der Waals surface area contributed by atoms with Crippen molar-refractivity contribution in [2.75, 3.05) is 40.3 Å². The summed E-state index contributed by atoms with van der Waals surface area (Å²) in [5.74, 6) is 0.569. The number of hydrogen-bond donors (Lipinski definition) is 2. The molecule has 2 atom stereocenters. The zero-order chi connectivity index (χ0) is 13.8. The number of nitrogens with two attached hydrogens (primary N) is 1. The van der Waals surface area contributed by atoms with Crippen molar-refractivity contribution in [1.82, 2.24) is 15.1 Å². The van der Waals surface area contributed by atoms with E-state index in [9.17, 15) is 4.79 Å². The van der Waals surface area contributed by atoms with E-state index in [4.69, 9.17) is 5.73 Å². The lowest BCUT2D eigenvalue weighted by atomic mass is 10.1. The normalized spacial score (nSPS) is 25.9. The van der Waals surface area contributed by atoms with Crippen LogP contribution in [0.4, 0.5) is 0 Å². The molecule has 0 spiro atoms. The number of primary amides is 1. The molecular formula is C14H28N4O. The highest BCUT2D eigenvalue weighted by atomic mass is 16.1. The first-order valence-corrected chi connectivity index (χ1v) is 7.47. The highest BCUT2D eigenvalue weighted by Crippen LogP contribution is 2.20. The van der Waals surface area contributed by atoms with Crippen molar-refractivity contribution in [3.63, 3.8) is 0 Å². The molecule has 1 saturated heterocycles. The summed E-state index contributed by atoms with van der Waals surface area (Å²) >= 11 is 0. The highest BCUT2D eigenvalue weighted by molar-refractivity contribution is 5.79. The molecular weight excluding hydrogens is 240 g/mol. The van der Waals surface area contributed by atoms with Crippen LogP contribution in [0.3, 0.4) is 0 Å². The lowest BCUT2D eigenvalue weighted by Gasteiger charge is -2.23. The van der Waals surface area contributed by atoms with Gasteiger partial charge >= 0.3 is 0 Å². The van der Waals surface area contributed by atoms with Gasteiger partial charge in [-0.3, -0.25) is 4.79 Å². The lowest BCUT2D eigenvalue weighted by Crippen LogP contribution is -2.44. The van der Waals surface area contributed by atoms with Gasteiger partial charge in [-0.05, 0) is 58.8 Å². The molecule has 1 saturated carbocycles. The van der Waals surface area contributed by atoms with Gasteiger partial charge in [0.25, 0.3) is 0 Å². The third-order valence-corrected chi connectivity index (χ3v) is 4.22. The Labute approximate surface area is 116 Å². The van der Waals surface area contributed by atoms with E-state index in [1.807, 2.05) is 0 Å². The van der Waals surface area contributed by atoms with Crippen molar-refractivity contribution < 1.29 is 4.79 Å². The Morgan fingerprint density at radius 3 is 2.74 bits per heavy atom. The van der Waals surface area contributed by atoms with Crippen molar-refractivity contribution in [2.24, 2.45) is 11.7 Å². The highest BCUT2D eigenvalue weighted by Gasteiger charge is 2.27. The van der Waals surface area contributed by atoms with Gasteiger partial charge in [0, 0.05) is 19.1 Å². The van der Waals surface area contributed by atoms with Crippen LogP contribution in [0.5, 0.6) is 0 Å². The van der Waals surface area contributed by atoms with Gasteiger partial charge in [-0.2, -0.15) is 0 Å². The second-order valence-corrected chi connectivity index (χ2v) is 6.36. The average Bonchev–Trinajstić information content (AvgIpc) is 3.07. The number of likely N-dealkylation sites (tertiary alicyclic amines) is 1. The van der Waals surface area contributed by atoms with Crippen LogP contribution in [0.1, 0.15) is 25.7 Å². The molecule has 0 aromatic carbocycles. The van der Waals surface area contributed by atoms with Crippen molar-refractivity contribution in [3.8, 4) is 0 Å². The molecule has 2 unspecified atom stereocenters. The van der Waals surface area contributed by atoms with E-state index in [1.165, 1.54) is 32.4 Å². The van der Waals surface area contributed by atoms with Crippen molar-refractivity contribution >= 4 is 5.91 Å². The number of nitrogens with zero attached hydrogens (tertiary/aromatic N) is 2. The number of carbonyl (C=O) groups is 1. The van der Waals surface area contributed by atoms with E-state index >= 15 is 0 Å². The van der Waals surface area contributed by atoms with Crippen molar-refractivity contribution in [1.29, 1.82) is 0 Å². The molecule has 2 rings (SSSR count). The minimum atomic E-state index is -0.208. The van der Waals surface area contributed by atoms with Gasteiger partial charge in [-0.15, -0.1) is 0 Å². The molecule has 2 aliphatic rings. The maximum Gasteiger partial charge on any atom is 0.234 e. The maximum atomic E-state index is 11.4. The number of rotatable bonds is 8. The first-order valence-electron chi connectivity index (χ1n) is 7.47. The van der Waals surface area contributed by atoms with Gasteiger partial charge in [-0.1, -0.05) is 0 Å². The Hall–Kier alpha value is -0.650.